The van der Waals surface area contributed by atoms with Gasteiger partial charge in [0.2, 0.25) is 5.76 Å². The van der Waals surface area contributed by atoms with Crippen LogP contribution in [0.15, 0.2) is 58.3 Å². The third kappa shape index (κ3) is 4.42. The zero-order valence-electron chi connectivity index (χ0n) is 19.0. The molecule has 0 saturated carbocycles. The monoisotopic (exact) mass is 465 g/mol. The molecular formula is C27H28ClNO4. The Morgan fingerprint density at radius 1 is 1.15 bits per heavy atom. The van der Waals surface area contributed by atoms with Crippen LogP contribution in [0.3, 0.4) is 0 Å². The van der Waals surface area contributed by atoms with Crippen LogP contribution < -0.4 is 10.2 Å². The second-order valence-corrected chi connectivity index (χ2v) is 8.81. The summed E-state index contributed by atoms with van der Waals surface area (Å²) >= 11 is 6.27. The van der Waals surface area contributed by atoms with Gasteiger partial charge in [0.1, 0.15) is 11.3 Å². The van der Waals surface area contributed by atoms with E-state index in [4.69, 9.17) is 20.8 Å². The largest absolute Gasteiger partial charge is 0.494 e. The summed E-state index contributed by atoms with van der Waals surface area (Å²) < 4.78 is 11.8. The molecular weight excluding hydrogens is 438 g/mol. The van der Waals surface area contributed by atoms with E-state index in [-0.39, 0.29) is 17.1 Å². The molecule has 1 aromatic heterocycles. The average Bonchev–Trinajstić information content (AvgIpc) is 3.08. The Labute approximate surface area is 198 Å². The van der Waals surface area contributed by atoms with Crippen molar-refractivity contribution in [3.63, 3.8) is 0 Å². The lowest BCUT2D eigenvalue weighted by Gasteiger charge is -2.24. The summed E-state index contributed by atoms with van der Waals surface area (Å²) in [7, 11) is 0. The van der Waals surface area contributed by atoms with Crippen LogP contribution in [-0.4, -0.2) is 24.0 Å². The number of halogens is 1. The van der Waals surface area contributed by atoms with E-state index in [1.54, 1.807) is 23.1 Å². The van der Waals surface area contributed by atoms with Crippen LogP contribution in [0, 0.1) is 6.92 Å². The van der Waals surface area contributed by atoms with Gasteiger partial charge in [0.05, 0.1) is 23.6 Å². The number of carbonyl (C=O) groups is 1. The molecule has 6 heteroatoms. The molecule has 0 N–H and O–H groups in total. The van der Waals surface area contributed by atoms with E-state index in [0.717, 1.165) is 29.7 Å². The molecule has 172 valence electrons. The molecule has 2 aromatic carbocycles. The number of benzene rings is 2. The maximum absolute atomic E-state index is 13.5. The minimum atomic E-state index is -0.565. The first-order chi connectivity index (χ1) is 16.0. The molecule has 1 unspecified atom stereocenters. The zero-order chi connectivity index (χ0) is 23.5. The second kappa shape index (κ2) is 9.84. The van der Waals surface area contributed by atoms with Crippen molar-refractivity contribution in [3.05, 3.63) is 86.7 Å². The topological polar surface area (TPSA) is 59.8 Å². The molecule has 0 radical (unpaired) electrons. The van der Waals surface area contributed by atoms with Gasteiger partial charge in [-0.2, -0.15) is 0 Å². The normalized spacial score (nSPS) is 15.2. The summed E-state index contributed by atoms with van der Waals surface area (Å²) in [5.74, 6) is 0.526. The number of ether oxygens (including phenoxy) is 1. The van der Waals surface area contributed by atoms with Gasteiger partial charge in [-0.3, -0.25) is 9.59 Å². The molecule has 5 nitrogen and oxygen atoms in total. The quantitative estimate of drug-likeness (QED) is 0.269. The van der Waals surface area contributed by atoms with Gasteiger partial charge in [-0.15, -0.1) is 6.58 Å². The van der Waals surface area contributed by atoms with E-state index in [1.807, 2.05) is 31.2 Å². The lowest BCUT2D eigenvalue weighted by molar-refractivity contribution is 0.0748. The Hall–Kier alpha value is -3.05. The number of aryl methyl sites for hydroxylation is 1. The highest BCUT2D eigenvalue weighted by Crippen LogP contribution is 2.39. The Morgan fingerprint density at radius 2 is 1.91 bits per heavy atom. The van der Waals surface area contributed by atoms with Crippen molar-refractivity contribution in [2.75, 3.05) is 13.2 Å². The number of amides is 1. The fraction of sp³-hybridized carbons (Fsp3) is 0.333. The fourth-order valence-electron chi connectivity index (χ4n) is 4.28. The van der Waals surface area contributed by atoms with Crippen molar-refractivity contribution in [1.82, 2.24) is 4.90 Å². The lowest BCUT2D eigenvalue weighted by atomic mass is 9.98. The Morgan fingerprint density at radius 3 is 2.61 bits per heavy atom. The lowest BCUT2D eigenvalue weighted by Crippen LogP contribution is -2.29. The van der Waals surface area contributed by atoms with Crippen molar-refractivity contribution in [2.24, 2.45) is 0 Å². The van der Waals surface area contributed by atoms with Crippen LogP contribution in [0.25, 0.3) is 11.0 Å². The number of hydrogen-bond acceptors (Lipinski definition) is 4. The third-order valence-corrected chi connectivity index (χ3v) is 6.44. The fourth-order valence-corrected chi connectivity index (χ4v) is 4.44. The SMILES string of the molecule is C=CCN1C(=O)c2oc3cc(C)c(Cl)cc3c(=O)c2C1c1ccc(OCCCCCC)cc1. The summed E-state index contributed by atoms with van der Waals surface area (Å²) in [5.41, 5.74) is 2.05. The van der Waals surface area contributed by atoms with Gasteiger partial charge >= 0.3 is 0 Å². The molecule has 3 aromatic rings. The Bertz CT molecular complexity index is 1250. The summed E-state index contributed by atoms with van der Waals surface area (Å²) in [5, 5.41) is 0.855. The van der Waals surface area contributed by atoms with Crippen molar-refractivity contribution in [2.45, 2.75) is 45.6 Å². The van der Waals surface area contributed by atoms with Crippen molar-refractivity contribution in [3.8, 4) is 5.75 Å². The molecule has 0 fully saturated rings. The van der Waals surface area contributed by atoms with Gasteiger partial charge in [-0.25, -0.2) is 0 Å². The van der Waals surface area contributed by atoms with Crippen LogP contribution in [0.2, 0.25) is 5.02 Å². The third-order valence-electron chi connectivity index (χ3n) is 6.04. The first kappa shape index (κ1) is 23.1. The summed E-state index contributed by atoms with van der Waals surface area (Å²) in [4.78, 5) is 28.3. The molecule has 33 heavy (non-hydrogen) atoms. The molecule has 1 aliphatic rings. The second-order valence-electron chi connectivity index (χ2n) is 8.40. The van der Waals surface area contributed by atoms with Crippen LogP contribution in [0.4, 0.5) is 0 Å². The maximum Gasteiger partial charge on any atom is 0.291 e. The molecule has 1 aliphatic heterocycles. The molecule has 0 bridgehead atoms. The zero-order valence-corrected chi connectivity index (χ0v) is 19.8. The molecule has 1 atom stereocenters. The molecule has 2 heterocycles. The molecule has 4 rings (SSSR count). The number of fused-ring (bicyclic) bond motifs is 2. The minimum absolute atomic E-state index is 0.0809. The van der Waals surface area contributed by atoms with Crippen molar-refractivity contribution >= 4 is 28.5 Å². The summed E-state index contributed by atoms with van der Waals surface area (Å²) in [6.07, 6.45) is 6.21. The van der Waals surface area contributed by atoms with E-state index in [2.05, 4.69) is 13.5 Å². The van der Waals surface area contributed by atoms with E-state index < -0.39 is 6.04 Å². The van der Waals surface area contributed by atoms with E-state index in [0.29, 0.717) is 34.7 Å². The van der Waals surface area contributed by atoms with Gasteiger partial charge < -0.3 is 14.1 Å². The molecule has 0 spiro atoms. The standard InChI is InChI=1S/C27H28ClNO4/c1-4-6-7-8-14-32-19-11-9-18(10-12-19)24-23-25(30)20-16-21(28)17(3)15-22(20)33-26(23)27(31)29(24)13-5-2/h5,9-12,15-16,24H,2,4,6-8,13-14H2,1,3H3. The smallest absolute Gasteiger partial charge is 0.291 e. The van der Waals surface area contributed by atoms with E-state index in [1.165, 1.54) is 12.8 Å². The maximum atomic E-state index is 13.5. The van der Waals surface area contributed by atoms with Gasteiger partial charge in [-0.05, 0) is 48.7 Å². The Kier molecular flexibility index (Phi) is 6.89. The van der Waals surface area contributed by atoms with E-state index >= 15 is 0 Å². The van der Waals surface area contributed by atoms with Crippen molar-refractivity contribution < 1.29 is 13.9 Å². The number of nitrogens with zero attached hydrogens (tertiary/aromatic N) is 1. The van der Waals surface area contributed by atoms with Gasteiger partial charge in [0.25, 0.3) is 5.91 Å². The molecule has 0 saturated heterocycles. The predicted octanol–water partition coefficient (Wildman–Crippen LogP) is 6.45. The Balaban J connectivity index is 1.71. The highest BCUT2D eigenvalue weighted by molar-refractivity contribution is 6.32. The van der Waals surface area contributed by atoms with Gasteiger partial charge in [-0.1, -0.05) is 56.0 Å². The number of rotatable bonds is 9. The average molecular weight is 466 g/mol. The van der Waals surface area contributed by atoms with Crippen LogP contribution in [-0.2, 0) is 0 Å². The predicted molar refractivity (Wildman–Crippen MR) is 131 cm³/mol. The molecule has 1 amide bonds. The summed E-state index contributed by atoms with van der Waals surface area (Å²) in [6, 6.07) is 10.3. The first-order valence-corrected chi connectivity index (χ1v) is 11.8. The summed E-state index contributed by atoms with van der Waals surface area (Å²) in [6.45, 7) is 8.75. The number of carbonyl (C=O) groups excluding carboxylic acids is 1. The molecule has 0 aliphatic carbocycles. The number of hydrogen-bond donors (Lipinski definition) is 0. The van der Waals surface area contributed by atoms with Gasteiger partial charge in [0, 0.05) is 11.6 Å². The van der Waals surface area contributed by atoms with Crippen LogP contribution in [0.1, 0.15) is 65.9 Å². The number of unbranched alkanes of at least 4 members (excludes halogenated alkanes) is 3. The van der Waals surface area contributed by atoms with E-state index in [9.17, 15) is 9.59 Å². The van der Waals surface area contributed by atoms with Crippen LogP contribution in [0.5, 0.6) is 5.75 Å². The van der Waals surface area contributed by atoms with Gasteiger partial charge in [0.15, 0.2) is 5.43 Å². The first-order valence-electron chi connectivity index (χ1n) is 11.4. The highest BCUT2D eigenvalue weighted by Gasteiger charge is 2.42. The minimum Gasteiger partial charge on any atom is -0.494 e. The highest BCUT2D eigenvalue weighted by atomic mass is 35.5. The van der Waals surface area contributed by atoms with Crippen molar-refractivity contribution in [1.29, 1.82) is 0 Å². The van der Waals surface area contributed by atoms with Crippen LogP contribution >= 0.6 is 11.6 Å².